The van der Waals surface area contributed by atoms with Crippen LogP contribution in [0.5, 0.6) is 11.5 Å². The van der Waals surface area contributed by atoms with Crippen molar-refractivity contribution in [2.45, 2.75) is 24.8 Å². The number of benzene rings is 3. The van der Waals surface area contributed by atoms with Crippen LogP contribution in [0.1, 0.15) is 11.1 Å². The van der Waals surface area contributed by atoms with Gasteiger partial charge in [0.05, 0.1) is 17.1 Å². The van der Waals surface area contributed by atoms with E-state index in [4.69, 9.17) is 9.47 Å². The quantitative estimate of drug-likeness (QED) is 0.577. The van der Waals surface area contributed by atoms with Gasteiger partial charge in [-0.3, -0.25) is 9.10 Å². The number of aryl methyl sites for hydroxylation is 2. The number of hydrogen-bond donors (Lipinski definition) is 1. The van der Waals surface area contributed by atoms with Gasteiger partial charge in [-0.15, -0.1) is 0 Å². The van der Waals surface area contributed by atoms with Gasteiger partial charge in [-0.05, 0) is 55.3 Å². The van der Waals surface area contributed by atoms with Gasteiger partial charge in [0.1, 0.15) is 19.3 Å². The first-order chi connectivity index (χ1) is 15.8. The summed E-state index contributed by atoms with van der Waals surface area (Å²) in [5.74, 6) is 0.847. The average Bonchev–Trinajstić information content (AvgIpc) is 2.83. The molecule has 0 spiro atoms. The topological polar surface area (TPSA) is 84.9 Å². The maximum atomic E-state index is 13.5. The Bertz CT molecular complexity index is 1240. The highest BCUT2D eigenvalue weighted by Gasteiger charge is 2.29. The lowest BCUT2D eigenvalue weighted by Crippen LogP contribution is -2.45. The van der Waals surface area contributed by atoms with Crippen LogP contribution >= 0.6 is 0 Å². The molecular weight excluding hydrogens is 440 g/mol. The number of fused-ring (bicyclic) bond motifs is 1. The number of nitrogens with one attached hydrogen (secondary N) is 1. The molecule has 4 rings (SSSR count). The Morgan fingerprint density at radius 3 is 2.45 bits per heavy atom. The predicted octanol–water partition coefficient (Wildman–Crippen LogP) is 3.45. The van der Waals surface area contributed by atoms with E-state index in [1.54, 1.807) is 30.3 Å². The Hall–Kier alpha value is -3.52. The largest absolute Gasteiger partial charge is 0.486 e. The molecule has 8 heteroatoms. The van der Waals surface area contributed by atoms with Gasteiger partial charge in [0.2, 0.25) is 5.91 Å². The fourth-order valence-corrected chi connectivity index (χ4v) is 5.08. The highest BCUT2D eigenvalue weighted by atomic mass is 32.2. The van der Waals surface area contributed by atoms with Gasteiger partial charge in [-0.2, -0.15) is 0 Å². The Morgan fingerprint density at radius 2 is 1.70 bits per heavy atom. The maximum Gasteiger partial charge on any atom is 0.264 e. The molecule has 0 saturated heterocycles. The van der Waals surface area contributed by atoms with E-state index < -0.39 is 15.9 Å². The van der Waals surface area contributed by atoms with Crippen LogP contribution in [-0.2, 0) is 14.8 Å². The molecule has 1 aliphatic rings. The zero-order valence-corrected chi connectivity index (χ0v) is 19.3. The minimum atomic E-state index is -3.96. The molecule has 172 valence electrons. The third kappa shape index (κ3) is 5.12. The van der Waals surface area contributed by atoms with Crippen molar-refractivity contribution in [2.75, 3.05) is 24.0 Å². The molecule has 1 aliphatic heterocycles. The molecule has 0 bridgehead atoms. The highest BCUT2D eigenvalue weighted by Crippen LogP contribution is 2.31. The number of carbonyl (C=O) groups excluding carboxylic acids is 1. The first-order valence-electron chi connectivity index (χ1n) is 10.6. The molecule has 1 amide bonds. The van der Waals surface area contributed by atoms with Gasteiger partial charge < -0.3 is 14.8 Å². The molecule has 0 saturated carbocycles. The van der Waals surface area contributed by atoms with Gasteiger partial charge in [-0.1, -0.05) is 42.5 Å². The molecule has 0 fully saturated rings. The third-order valence-corrected chi connectivity index (χ3v) is 7.12. The second-order valence-electron chi connectivity index (χ2n) is 7.92. The van der Waals surface area contributed by atoms with Crippen LogP contribution in [0.2, 0.25) is 0 Å². The lowest BCUT2D eigenvalue weighted by atomic mass is 10.1. The molecule has 0 aromatic heterocycles. The molecule has 1 heterocycles. The minimum Gasteiger partial charge on any atom is -0.486 e. The fourth-order valence-electron chi connectivity index (χ4n) is 3.59. The molecule has 0 aliphatic carbocycles. The number of nitrogens with zero attached hydrogens (tertiary/aromatic N) is 1. The van der Waals surface area contributed by atoms with Crippen LogP contribution in [0.4, 0.5) is 5.69 Å². The van der Waals surface area contributed by atoms with Crippen molar-refractivity contribution in [3.63, 3.8) is 0 Å². The number of sulfonamides is 1. The number of ether oxygens (including phenoxy) is 2. The van der Waals surface area contributed by atoms with Crippen LogP contribution in [0.25, 0.3) is 0 Å². The van der Waals surface area contributed by atoms with Crippen molar-refractivity contribution >= 4 is 21.6 Å². The Kier molecular flexibility index (Phi) is 6.55. The van der Waals surface area contributed by atoms with Gasteiger partial charge in [0.25, 0.3) is 10.0 Å². The summed E-state index contributed by atoms with van der Waals surface area (Å²) >= 11 is 0. The summed E-state index contributed by atoms with van der Waals surface area (Å²) in [4.78, 5) is 13.0. The van der Waals surface area contributed by atoms with E-state index in [0.29, 0.717) is 23.8 Å². The number of anilines is 1. The monoisotopic (exact) mass is 466 g/mol. The van der Waals surface area contributed by atoms with E-state index in [-0.39, 0.29) is 24.1 Å². The molecule has 1 atom stereocenters. The molecule has 7 nitrogen and oxygen atoms in total. The summed E-state index contributed by atoms with van der Waals surface area (Å²) in [7, 11) is -3.96. The van der Waals surface area contributed by atoms with E-state index in [2.05, 4.69) is 5.32 Å². The first kappa shape index (κ1) is 22.7. The van der Waals surface area contributed by atoms with Crippen molar-refractivity contribution in [1.29, 1.82) is 0 Å². The van der Waals surface area contributed by atoms with Crippen LogP contribution in [0.15, 0.2) is 77.7 Å². The summed E-state index contributed by atoms with van der Waals surface area (Å²) in [6.45, 7) is 3.84. The summed E-state index contributed by atoms with van der Waals surface area (Å²) in [5.41, 5.74) is 2.13. The van der Waals surface area contributed by atoms with Crippen molar-refractivity contribution in [1.82, 2.24) is 5.32 Å². The molecule has 0 unspecified atom stereocenters. The summed E-state index contributed by atoms with van der Waals surface area (Å²) < 4.78 is 39.7. The van der Waals surface area contributed by atoms with Gasteiger partial charge in [0, 0.05) is 0 Å². The summed E-state index contributed by atoms with van der Waals surface area (Å²) in [6.07, 6.45) is -0.372. The molecule has 3 aromatic carbocycles. The van der Waals surface area contributed by atoms with E-state index in [9.17, 15) is 13.2 Å². The summed E-state index contributed by atoms with van der Waals surface area (Å²) in [6, 6.07) is 21.0. The van der Waals surface area contributed by atoms with E-state index >= 15 is 0 Å². The van der Waals surface area contributed by atoms with Gasteiger partial charge >= 0.3 is 0 Å². The normalized spacial score (nSPS) is 15.0. The second kappa shape index (κ2) is 9.54. The van der Waals surface area contributed by atoms with Crippen molar-refractivity contribution in [3.05, 3.63) is 83.9 Å². The Labute approximate surface area is 194 Å². The third-order valence-electron chi connectivity index (χ3n) is 5.35. The molecule has 0 radical (unpaired) electrons. The highest BCUT2D eigenvalue weighted by molar-refractivity contribution is 7.92. The van der Waals surface area contributed by atoms with Crippen LogP contribution in [-0.4, -0.2) is 40.1 Å². The molecular formula is C25H26N2O5S. The van der Waals surface area contributed by atoms with Crippen LogP contribution < -0.4 is 19.1 Å². The number of carbonyl (C=O) groups is 1. The SMILES string of the molecule is Cc1ccc(C)c(N(CC(=O)NC[C@H]2COc3ccccc3O2)S(=O)(=O)c2ccccc2)c1. The first-order valence-corrected chi connectivity index (χ1v) is 12.1. The standard InChI is InChI=1S/C25H26N2O5S/c1-18-12-13-19(2)22(14-18)27(33(29,30)21-8-4-3-5-9-21)16-25(28)26-15-20-17-31-23-10-6-7-11-24(23)32-20/h3-14,20H,15-17H2,1-2H3,(H,26,28)/t20-/m0/s1. The van der Waals surface area contributed by atoms with Gasteiger partial charge in [-0.25, -0.2) is 8.42 Å². The smallest absolute Gasteiger partial charge is 0.264 e. The van der Waals surface area contributed by atoms with Crippen LogP contribution in [0, 0.1) is 13.8 Å². The minimum absolute atomic E-state index is 0.124. The second-order valence-corrected chi connectivity index (χ2v) is 9.78. The average molecular weight is 467 g/mol. The summed E-state index contributed by atoms with van der Waals surface area (Å²) in [5, 5.41) is 2.79. The fraction of sp³-hybridized carbons (Fsp3) is 0.240. The number of hydrogen-bond acceptors (Lipinski definition) is 5. The lowest BCUT2D eigenvalue weighted by Gasteiger charge is -2.28. The van der Waals surface area contributed by atoms with E-state index in [1.807, 2.05) is 44.2 Å². The molecule has 1 N–H and O–H groups in total. The Balaban J connectivity index is 1.52. The van der Waals surface area contributed by atoms with Gasteiger partial charge in [0.15, 0.2) is 11.5 Å². The number of rotatable bonds is 7. The molecule has 33 heavy (non-hydrogen) atoms. The Morgan fingerprint density at radius 1 is 1.00 bits per heavy atom. The number of amides is 1. The van der Waals surface area contributed by atoms with Crippen LogP contribution in [0.3, 0.4) is 0 Å². The van der Waals surface area contributed by atoms with Crippen molar-refractivity contribution in [2.24, 2.45) is 0 Å². The zero-order valence-electron chi connectivity index (χ0n) is 18.5. The predicted molar refractivity (Wildman–Crippen MR) is 126 cm³/mol. The number of para-hydroxylation sites is 2. The van der Waals surface area contributed by atoms with Crippen molar-refractivity contribution in [3.8, 4) is 11.5 Å². The maximum absolute atomic E-state index is 13.5. The van der Waals surface area contributed by atoms with Crippen molar-refractivity contribution < 1.29 is 22.7 Å². The molecule has 3 aromatic rings. The zero-order chi connectivity index (χ0) is 23.4. The lowest BCUT2D eigenvalue weighted by molar-refractivity contribution is -0.120. The van der Waals surface area contributed by atoms with E-state index in [1.165, 1.54) is 12.1 Å². The van der Waals surface area contributed by atoms with E-state index in [0.717, 1.165) is 15.4 Å².